The van der Waals surface area contributed by atoms with Crippen LogP contribution in [-0.4, -0.2) is 26.0 Å². The van der Waals surface area contributed by atoms with E-state index in [9.17, 15) is 18.0 Å². The van der Waals surface area contributed by atoms with Crippen molar-refractivity contribution in [1.82, 2.24) is 15.0 Å². The van der Waals surface area contributed by atoms with E-state index in [4.69, 9.17) is 5.11 Å². The number of thiazole rings is 1. The highest BCUT2D eigenvalue weighted by Gasteiger charge is 2.32. The molecule has 0 aliphatic rings. The van der Waals surface area contributed by atoms with Crippen LogP contribution >= 0.6 is 11.3 Å². The number of carboxylic acid groups (broad SMARTS) is 1. The molecular weight excluding hydrogens is 331 g/mol. The zero-order valence-electron chi connectivity index (χ0n) is 12.1. The van der Waals surface area contributed by atoms with Crippen molar-refractivity contribution >= 4 is 29.5 Å². The maximum atomic E-state index is 12.5. The first-order valence-corrected chi connectivity index (χ1v) is 7.31. The van der Waals surface area contributed by atoms with Gasteiger partial charge in [0.2, 0.25) is 0 Å². The minimum absolute atomic E-state index is 0.00533. The van der Waals surface area contributed by atoms with E-state index in [0.29, 0.717) is 17.0 Å². The van der Waals surface area contributed by atoms with Crippen molar-refractivity contribution in [2.24, 2.45) is 0 Å². The maximum Gasteiger partial charge on any atom is 0.427 e. The molecule has 0 aliphatic heterocycles. The largest absolute Gasteiger partial charge is 0.478 e. The van der Waals surface area contributed by atoms with Gasteiger partial charge in [0, 0.05) is 6.20 Å². The van der Waals surface area contributed by atoms with Gasteiger partial charge in [-0.2, -0.15) is 13.2 Å². The van der Waals surface area contributed by atoms with E-state index in [1.807, 2.05) is 0 Å². The van der Waals surface area contributed by atoms with E-state index in [1.165, 1.54) is 18.3 Å². The molecule has 0 atom stereocenters. The van der Waals surface area contributed by atoms with E-state index >= 15 is 0 Å². The zero-order valence-corrected chi connectivity index (χ0v) is 12.9. The molecule has 5 nitrogen and oxygen atoms in total. The van der Waals surface area contributed by atoms with Gasteiger partial charge in [0.15, 0.2) is 5.82 Å². The highest BCUT2D eigenvalue weighted by atomic mass is 32.1. The first kappa shape index (κ1) is 17.1. The van der Waals surface area contributed by atoms with Crippen LogP contribution in [0.1, 0.15) is 51.5 Å². The fourth-order valence-corrected chi connectivity index (χ4v) is 2.42. The van der Waals surface area contributed by atoms with Crippen LogP contribution in [0.5, 0.6) is 0 Å². The summed E-state index contributed by atoms with van der Waals surface area (Å²) >= 11 is 0.505. The van der Waals surface area contributed by atoms with Crippen molar-refractivity contribution in [3.63, 3.8) is 0 Å². The van der Waals surface area contributed by atoms with Crippen molar-refractivity contribution in [2.45, 2.75) is 25.9 Å². The lowest BCUT2D eigenvalue weighted by atomic mass is 10.1. The van der Waals surface area contributed by atoms with Crippen LogP contribution in [0, 0.1) is 0 Å². The summed E-state index contributed by atoms with van der Waals surface area (Å²) in [6.07, 6.45) is 0.288. The number of aromatic nitrogens is 3. The molecule has 0 saturated carbocycles. The number of aromatic carboxylic acids is 1. The van der Waals surface area contributed by atoms with Gasteiger partial charge < -0.3 is 5.11 Å². The molecule has 0 radical (unpaired) electrons. The standard InChI is InChI=1S/C14H12F3N3O2S/c1-7(2)12-8(13(21)22)5-18-10(20-12)3-4-11-19-6-9(23-11)14(15,16)17/h3-7H,1-2H3,(H,21,22). The van der Waals surface area contributed by atoms with E-state index in [2.05, 4.69) is 15.0 Å². The Hall–Kier alpha value is -2.29. The van der Waals surface area contributed by atoms with Crippen LogP contribution in [-0.2, 0) is 6.18 Å². The third-order valence-electron chi connectivity index (χ3n) is 2.79. The number of rotatable bonds is 4. The number of hydrogen-bond acceptors (Lipinski definition) is 5. The Morgan fingerprint density at radius 3 is 2.48 bits per heavy atom. The quantitative estimate of drug-likeness (QED) is 0.910. The van der Waals surface area contributed by atoms with Gasteiger partial charge in [0.05, 0.1) is 17.5 Å². The number of alkyl halides is 3. The zero-order chi connectivity index (χ0) is 17.2. The van der Waals surface area contributed by atoms with Gasteiger partial charge in [-0.3, -0.25) is 0 Å². The average Bonchev–Trinajstić information content (AvgIpc) is 2.93. The third kappa shape index (κ3) is 4.13. The molecule has 2 rings (SSSR count). The molecule has 23 heavy (non-hydrogen) atoms. The summed E-state index contributed by atoms with van der Waals surface area (Å²) in [5.74, 6) is -1.05. The predicted molar refractivity (Wildman–Crippen MR) is 79.1 cm³/mol. The van der Waals surface area contributed by atoms with Crippen molar-refractivity contribution < 1.29 is 23.1 Å². The lowest BCUT2D eigenvalue weighted by Gasteiger charge is -2.08. The number of carbonyl (C=O) groups is 1. The Kier molecular flexibility index (Phi) is 4.79. The number of carboxylic acids is 1. The molecule has 1 N–H and O–H groups in total. The summed E-state index contributed by atoms with van der Waals surface area (Å²) in [5, 5.41) is 9.24. The van der Waals surface area contributed by atoms with Crippen LogP contribution in [0.15, 0.2) is 12.4 Å². The Morgan fingerprint density at radius 2 is 1.96 bits per heavy atom. The third-order valence-corrected chi connectivity index (χ3v) is 3.80. The number of halogens is 3. The number of nitrogens with zero attached hydrogens (tertiary/aromatic N) is 3. The fraction of sp³-hybridized carbons (Fsp3) is 0.286. The monoisotopic (exact) mass is 343 g/mol. The highest BCUT2D eigenvalue weighted by molar-refractivity contribution is 7.12. The van der Waals surface area contributed by atoms with Gasteiger partial charge in [-0.05, 0) is 18.1 Å². The lowest BCUT2D eigenvalue weighted by Crippen LogP contribution is -2.08. The van der Waals surface area contributed by atoms with E-state index in [1.54, 1.807) is 13.8 Å². The van der Waals surface area contributed by atoms with Gasteiger partial charge in [0.1, 0.15) is 9.88 Å². The molecule has 2 aromatic heterocycles. The minimum atomic E-state index is -4.42. The highest BCUT2D eigenvalue weighted by Crippen LogP contribution is 2.33. The predicted octanol–water partition coefficient (Wildman–Crippen LogP) is 3.94. The fourth-order valence-electron chi connectivity index (χ4n) is 1.74. The van der Waals surface area contributed by atoms with Gasteiger partial charge >= 0.3 is 12.1 Å². The molecule has 122 valence electrons. The lowest BCUT2D eigenvalue weighted by molar-refractivity contribution is -0.134. The summed E-state index contributed by atoms with van der Waals surface area (Å²) in [6, 6.07) is 0. The number of hydrogen-bond donors (Lipinski definition) is 1. The molecule has 2 aromatic rings. The first-order valence-electron chi connectivity index (χ1n) is 6.50. The normalized spacial score (nSPS) is 12.3. The average molecular weight is 343 g/mol. The van der Waals surface area contributed by atoms with E-state index in [0.717, 1.165) is 6.20 Å². The molecule has 0 unspecified atom stereocenters. The molecule has 2 heterocycles. The Bertz CT molecular complexity index is 754. The smallest absolute Gasteiger partial charge is 0.427 e. The van der Waals surface area contributed by atoms with Gasteiger partial charge in [-0.1, -0.05) is 13.8 Å². The van der Waals surface area contributed by atoms with Crippen molar-refractivity contribution in [3.05, 3.63) is 39.4 Å². The van der Waals surface area contributed by atoms with Crippen molar-refractivity contribution in [1.29, 1.82) is 0 Å². The van der Waals surface area contributed by atoms with Crippen LogP contribution in [0.3, 0.4) is 0 Å². The van der Waals surface area contributed by atoms with Gasteiger partial charge in [0.25, 0.3) is 0 Å². The molecule has 9 heteroatoms. The van der Waals surface area contributed by atoms with E-state index < -0.39 is 17.0 Å². The molecule has 0 saturated heterocycles. The second-order valence-corrected chi connectivity index (χ2v) is 5.94. The summed E-state index contributed by atoms with van der Waals surface area (Å²) < 4.78 is 37.5. The van der Waals surface area contributed by atoms with Crippen LogP contribution in [0.2, 0.25) is 0 Å². The summed E-state index contributed by atoms with van der Waals surface area (Å²) in [6.45, 7) is 3.58. The molecule has 0 bridgehead atoms. The molecule has 0 amide bonds. The Balaban J connectivity index is 2.28. The minimum Gasteiger partial charge on any atom is -0.478 e. The van der Waals surface area contributed by atoms with E-state index in [-0.39, 0.29) is 22.3 Å². The second-order valence-electron chi connectivity index (χ2n) is 4.88. The van der Waals surface area contributed by atoms with Crippen molar-refractivity contribution in [3.8, 4) is 0 Å². The maximum absolute atomic E-state index is 12.5. The SMILES string of the molecule is CC(C)c1nc(C=Cc2ncc(C(F)(F)F)s2)ncc1C(=O)O. The molecule has 0 fully saturated rings. The van der Waals surface area contributed by atoms with Crippen LogP contribution in [0.4, 0.5) is 13.2 Å². The Labute approximate surface area is 133 Å². The summed E-state index contributed by atoms with van der Waals surface area (Å²) in [7, 11) is 0. The van der Waals surface area contributed by atoms with Crippen LogP contribution in [0.25, 0.3) is 12.2 Å². The molecule has 0 spiro atoms. The molecular formula is C14H12F3N3O2S. The van der Waals surface area contributed by atoms with Crippen LogP contribution < -0.4 is 0 Å². The second kappa shape index (κ2) is 6.45. The topological polar surface area (TPSA) is 76.0 Å². The first-order chi connectivity index (χ1) is 10.7. The van der Waals surface area contributed by atoms with Crippen molar-refractivity contribution in [2.75, 3.05) is 0 Å². The Morgan fingerprint density at radius 1 is 1.26 bits per heavy atom. The molecule has 0 aromatic carbocycles. The summed E-state index contributed by atoms with van der Waals surface area (Å²) in [4.78, 5) is 22.0. The summed E-state index contributed by atoms with van der Waals surface area (Å²) in [5.41, 5.74) is 0.369. The van der Waals surface area contributed by atoms with Gasteiger partial charge in [-0.25, -0.2) is 19.7 Å². The van der Waals surface area contributed by atoms with Gasteiger partial charge in [-0.15, -0.1) is 11.3 Å². The molecule has 0 aliphatic carbocycles.